The number of hydrogen-bond acceptors (Lipinski definition) is 4. The minimum atomic E-state index is -0.783. The highest BCUT2D eigenvalue weighted by Gasteiger charge is 2.16. The lowest BCUT2D eigenvalue weighted by molar-refractivity contribution is -0.128. The Morgan fingerprint density at radius 3 is 2.68 bits per heavy atom. The van der Waals surface area contributed by atoms with Crippen LogP contribution in [0, 0.1) is 0 Å². The first-order valence-electron chi connectivity index (χ1n) is 6.23. The highest BCUT2D eigenvalue weighted by Crippen LogP contribution is 2.21. The van der Waals surface area contributed by atoms with E-state index in [1.54, 1.807) is 43.3 Å². The molecule has 1 heterocycles. The smallest absolute Gasteiger partial charge is 0.279 e. The van der Waals surface area contributed by atoms with Crippen molar-refractivity contribution >= 4 is 50.7 Å². The van der Waals surface area contributed by atoms with Crippen molar-refractivity contribution in [1.82, 2.24) is 10.9 Å². The molecule has 2 amide bonds. The van der Waals surface area contributed by atoms with E-state index in [4.69, 9.17) is 16.3 Å². The zero-order valence-corrected chi connectivity index (χ0v) is 14.6. The fourth-order valence-electron chi connectivity index (χ4n) is 1.52. The number of rotatable bonds is 4. The van der Waals surface area contributed by atoms with E-state index in [0.29, 0.717) is 15.6 Å². The number of carbonyl (C=O) groups is 2. The van der Waals surface area contributed by atoms with Gasteiger partial charge < -0.3 is 4.74 Å². The molecule has 1 aromatic carbocycles. The predicted octanol–water partition coefficient (Wildman–Crippen LogP) is 3.39. The molecule has 1 unspecified atom stereocenters. The van der Waals surface area contributed by atoms with Crippen molar-refractivity contribution in [2.45, 2.75) is 13.0 Å². The van der Waals surface area contributed by atoms with Crippen LogP contribution in [0.5, 0.6) is 5.75 Å². The van der Waals surface area contributed by atoms with E-state index in [-0.39, 0.29) is 5.91 Å². The Morgan fingerprint density at radius 2 is 2.05 bits per heavy atom. The van der Waals surface area contributed by atoms with Gasteiger partial charge in [0, 0.05) is 5.02 Å². The van der Waals surface area contributed by atoms with Crippen molar-refractivity contribution in [3.05, 3.63) is 50.1 Å². The fourth-order valence-corrected chi connectivity index (χ4v) is 2.98. The molecule has 0 spiro atoms. The van der Waals surface area contributed by atoms with E-state index in [1.807, 2.05) is 0 Å². The summed E-state index contributed by atoms with van der Waals surface area (Å²) in [4.78, 5) is 24.2. The van der Waals surface area contributed by atoms with Crippen molar-refractivity contribution in [2.75, 3.05) is 0 Å². The molecule has 22 heavy (non-hydrogen) atoms. The minimum Gasteiger partial charge on any atom is -0.481 e. The van der Waals surface area contributed by atoms with E-state index in [9.17, 15) is 9.59 Å². The maximum absolute atomic E-state index is 11.9. The second-order valence-electron chi connectivity index (χ2n) is 4.26. The largest absolute Gasteiger partial charge is 0.481 e. The zero-order valence-electron chi connectivity index (χ0n) is 11.4. The van der Waals surface area contributed by atoms with Crippen molar-refractivity contribution in [3.8, 4) is 5.75 Å². The maximum Gasteiger partial charge on any atom is 0.279 e. The SMILES string of the molecule is CC(Oc1cccc(Cl)c1)C(=O)NNC(=O)c1ccc(Br)s1. The summed E-state index contributed by atoms with van der Waals surface area (Å²) in [6.45, 7) is 1.57. The van der Waals surface area contributed by atoms with Crippen LogP contribution in [0.1, 0.15) is 16.6 Å². The number of thiophene rings is 1. The van der Waals surface area contributed by atoms with E-state index in [1.165, 1.54) is 11.3 Å². The summed E-state index contributed by atoms with van der Waals surface area (Å²) < 4.78 is 6.28. The van der Waals surface area contributed by atoms with Crippen molar-refractivity contribution < 1.29 is 14.3 Å². The quantitative estimate of drug-likeness (QED) is 0.769. The van der Waals surface area contributed by atoms with Gasteiger partial charge in [-0.25, -0.2) is 0 Å². The van der Waals surface area contributed by atoms with Gasteiger partial charge in [-0.2, -0.15) is 0 Å². The first-order chi connectivity index (χ1) is 10.5. The van der Waals surface area contributed by atoms with Crippen molar-refractivity contribution in [3.63, 3.8) is 0 Å². The number of ether oxygens (including phenoxy) is 1. The molecule has 0 radical (unpaired) electrons. The zero-order chi connectivity index (χ0) is 16.1. The summed E-state index contributed by atoms with van der Waals surface area (Å²) in [7, 11) is 0. The monoisotopic (exact) mass is 402 g/mol. The third-order valence-electron chi connectivity index (χ3n) is 2.57. The molecular formula is C14H12BrClN2O3S. The summed E-state index contributed by atoms with van der Waals surface area (Å²) in [6.07, 6.45) is -0.783. The van der Waals surface area contributed by atoms with Gasteiger partial charge in [-0.05, 0) is 53.2 Å². The van der Waals surface area contributed by atoms with Crippen molar-refractivity contribution in [1.29, 1.82) is 0 Å². The second kappa shape index (κ2) is 7.62. The van der Waals surface area contributed by atoms with Gasteiger partial charge in [-0.1, -0.05) is 17.7 Å². The lowest BCUT2D eigenvalue weighted by Crippen LogP contribution is -2.47. The molecular weight excluding hydrogens is 392 g/mol. The van der Waals surface area contributed by atoms with Gasteiger partial charge in [-0.15, -0.1) is 11.3 Å². The average Bonchev–Trinajstić information content (AvgIpc) is 2.91. The Kier molecular flexibility index (Phi) is 5.82. The van der Waals surface area contributed by atoms with Crippen LogP contribution in [-0.2, 0) is 4.79 Å². The molecule has 0 saturated heterocycles. The molecule has 1 aromatic heterocycles. The predicted molar refractivity (Wildman–Crippen MR) is 89.2 cm³/mol. The molecule has 5 nitrogen and oxygen atoms in total. The first-order valence-corrected chi connectivity index (χ1v) is 8.22. The Morgan fingerprint density at radius 1 is 1.27 bits per heavy atom. The molecule has 116 valence electrons. The fraction of sp³-hybridized carbons (Fsp3) is 0.143. The number of nitrogens with one attached hydrogen (secondary N) is 2. The van der Waals surface area contributed by atoms with Gasteiger partial charge in [0.2, 0.25) is 0 Å². The Bertz CT molecular complexity index is 692. The minimum absolute atomic E-state index is 0.390. The topological polar surface area (TPSA) is 67.4 Å². The average molecular weight is 404 g/mol. The highest BCUT2D eigenvalue weighted by molar-refractivity contribution is 9.11. The van der Waals surface area contributed by atoms with Gasteiger partial charge in [0.05, 0.1) is 8.66 Å². The van der Waals surface area contributed by atoms with Gasteiger partial charge in [-0.3, -0.25) is 20.4 Å². The normalized spacial score (nSPS) is 11.6. The molecule has 0 bridgehead atoms. The molecule has 2 rings (SSSR count). The maximum atomic E-state index is 11.9. The van der Waals surface area contributed by atoms with E-state index in [0.717, 1.165) is 3.79 Å². The van der Waals surface area contributed by atoms with Gasteiger partial charge in [0.15, 0.2) is 6.10 Å². The molecule has 2 aromatic rings. The molecule has 1 atom stereocenters. The molecule has 8 heteroatoms. The third kappa shape index (κ3) is 4.72. The van der Waals surface area contributed by atoms with Crippen LogP contribution in [0.25, 0.3) is 0 Å². The van der Waals surface area contributed by atoms with Gasteiger partial charge in [0.25, 0.3) is 11.8 Å². The molecule has 0 fully saturated rings. The highest BCUT2D eigenvalue weighted by atomic mass is 79.9. The number of amides is 2. The van der Waals surface area contributed by atoms with Gasteiger partial charge in [0.1, 0.15) is 5.75 Å². The lowest BCUT2D eigenvalue weighted by Gasteiger charge is -2.15. The molecule has 0 saturated carbocycles. The number of halogens is 2. The Hall–Kier alpha value is -1.57. The summed E-state index contributed by atoms with van der Waals surface area (Å²) in [5.74, 6) is -0.383. The molecule has 0 aliphatic carbocycles. The van der Waals surface area contributed by atoms with Crippen LogP contribution in [-0.4, -0.2) is 17.9 Å². The van der Waals surface area contributed by atoms with Crippen LogP contribution in [0.15, 0.2) is 40.2 Å². The standard InChI is InChI=1S/C14H12BrClN2O3S/c1-8(21-10-4-2-3-9(16)7-10)13(19)17-18-14(20)11-5-6-12(15)22-11/h2-8H,1H3,(H,17,19)(H,18,20). The van der Waals surface area contributed by atoms with Crippen LogP contribution in [0.2, 0.25) is 5.02 Å². The van der Waals surface area contributed by atoms with Crippen LogP contribution < -0.4 is 15.6 Å². The number of benzene rings is 1. The third-order valence-corrected chi connectivity index (χ3v) is 4.43. The van der Waals surface area contributed by atoms with Crippen LogP contribution in [0.4, 0.5) is 0 Å². The van der Waals surface area contributed by atoms with Gasteiger partial charge >= 0.3 is 0 Å². The molecule has 0 aliphatic heterocycles. The Labute approximate surface area is 144 Å². The van der Waals surface area contributed by atoms with E-state index < -0.39 is 12.0 Å². The molecule has 2 N–H and O–H groups in total. The summed E-state index contributed by atoms with van der Waals surface area (Å²) >= 11 is 10.4. The van der Waals surface area contributed by atoms with Crippen LogP contribution in [0.3, 0.4) is 0 Å². The summed E-state index contributed by atoms with van der Waals surface area (Å²) in [5.41, 5.74) is 4.65. The van der Waals surface area contributed by atoms with E-state index in [2.05, 4.69) is 26.8 Å². The summed E-state index contributed by atoms with van der Waals surface area (Å²) in [5, 5.41) is 0.515. The van der Waals surface area contributed by atoms with Crippen molar-refractivity contribution in [2.24, 2.45) is 0 Å². The summed E-state index contributed by atoms with van der Waals surface area (Å²) in [6, 6.07) is 10.1. The number of carbonyl (C=O) groups excluding carboxylic acids is 2. The first kappa shape index (κ1) is 16.8. The molecule has 0 aliphatic rings. The number of hydrogen-bond donors (Lipinski definition) is 2. The number of hydrazine groups is 1. The lowest BCUT2D eigenvalue weighted by atomic mass is 10.3. The van der Waals surface area contributed by atoms with E-state index >= 15 is 0 Å². The van der Waals surface area contributed by atoms with Crippen LogP contribution >= 0.6 is 38.9 Å². The second-order valence-corrected chi connectivity index (χ2v) is 7.16. The Balaban J connectivity index is 1.85.